The van der Waals surface area contributed by atoms with E-state index in [0.29, 0.717) is 0 Å². The Kier molecular flexibility index (Phi) is 7.09. The third-order valence-corrected chi connectivity index (χ3v) is 4.94. The van der Waals surface area contributed by atoms with Gasteiger partial charge >= 0.3 is 0 Å². The minimum atomic E-state index is 0.877. The summed E-state index contributed by atoms with van der Waals surface area (Å²) in [6.45, 7) is 3.08. The van der Waals surface area contributed by atoms with Gasteiger partial charge in [-0.2, -0.15) is 0 Å². The molecule has 0 aliphatic carbocycles. The topological polar surface area (TPSA) is 32.7 Å². The number of likely N-dealkylation sites (N-methyl/N-ethyl adjacent to an activating group) is 1. The lowest BCUT2D eigenvalue weighted by molar-refractivity contribution is 0.112. The molecule has 0 unspecified atom stereocenters. The Morgan fingerprint density at radius 2 is 2.08 bits per heavy atom. The van der Waals surface area contributed by atoms with E-state index in [-0.39, 0.29) is 0 Å². The first kappa shape index (κ1) is 18.3. The molecule has 0 bridgehead atoms. The molecule has 126 valence electrons. The molecule has 1 aromatic carbocycles. The van der Waals surface area contributed by atoms with E-state index in [1.165, 1.54) is 15.2 Å². The molecule has 1 aromatic heterocycles. The van der Waals surface area contributed by atoms with Gasteiger partial charge in [-0.15, -0.1) is 11.3 Å². The highest BCUT2D eigenvalue weighted by Crippen LogP contribution is 2.30. The number of hydrogen-bond donors (Lipinski definition) is 0. The second-order valence-electron chi connectivity index (χ2n) is 6.01. The second-order valence-corrected chi connectivity index (χ2v) is 7.14. The van der Waals surface area contributed by atoms with Crippen LogP contribution in [-0.4, -0.2) is 38.0 Å². The van der Waals surface area contributed by atoms with Crippen LogP contribution in [-0.2, 0) is 6.42 Å². The molecule has 2 aromatic rings. The summed E-state index contributed by atoms with van der Waals surface area (Å²) < 4.78 is 1.21. The Morgan fingerprint density at radius 1 is 1.29 bits per heavy atom. The van der Waals surface area contributed by atoms with Gasteiger partial charge in [0, 0.05) is 39.5 Å². The van der Waals surface area contributed by atoms with Crippen LogP contribution in [0.15, 0.2) is 53.2 Å². The fraction of sp³-hybridized carbons (Fsp3) is 0.300. The maximum atomic E-state index is 11.1. The molecule has 24 heavy (non-hydrogen) atoms. The van der Waals surface area contributed by atoms with Gasteiger partial charge in [0.25, 0.3) is 0 Å². The summed E-state index contributed by atoms with van der Waals surface area (Å²) in [5.41, 5.74) is 2.24. The fourth-order valence-electron chi connectivity index (χ4n) is 2.34. The van der Waals surface area contributed by atoms with Crippen molar-refractivity contribution in [3.63, 3.8) is 0 Å². The molecule has 1 aliphatic rings. The summed E-state index contributed by atoms with van der Waals surface area (Å²) in [4.78, 5) is 18.4. The van der Waals surface area contributed by atoms with E-state index < -0.39 is 0 Å². The zero-order chi connectivity index (χ0) is 17.4. The summed E-state index contributed by atoms with van der Waals surface area (Å²) >= 11 is 1.73. The summed E-state index contributed by atoms with van der Waals surface area (Å²) in [6.07, 6.45) is 10.7. The first-order valence-electron chi connectivity index (χ1n) is 8.06. The number of benzene rings is 1. The van der Waals surface area contributed by atoms with Crippen LogP contribution >= 0.6 is 11.3 Å². The van der Waals surface area contributed by atoms with Crippen molar-refractivity contribution in [2.45, 2.75) is 19.8 Å². The Labute approximate surface area is 148 Å². The lowest BCUT2D eigenvalue weighted by Gasteiger charge is -2.07. The Hall–Kier alpha value is -2.04. The van der Waals surface area contributed by atoms with E-state index in [1.54, 1.807) is 11.3 Å². The van der Waals surface area contributed by atoms with Gasteiger partial charge in [0.2, 0.25) is 0 Å². The quantitative estimate of drug-likeness (QED) is 0.753. The zero-order valence-corrected chi connectivity index (χ0v) is 15.3. The fourth-order valence-corrected chi connectivity index (χ4v) is 3.50. The van der Waals surface area contributed by atoms with Gasteiger partial charge in [0.15, 0.2) is 6.29 Å². The minimum Gasteiger partial charge on any atom is -0.309 e. The highest BCUT2D eigenvalue weighted by Gasteiger charge is 2.10. The van der Waals surface area contributed by atoms with Gasteiger partial charge in [0.1, 0.15) is 0 Å². The smallest absolute Gasteiger partial charge is 0.151 e. The van der Waals surface area contributed by atoms with Crippen LogP contribution in [0.2, 0.25) is 0 Å². The standard InChI is InChI=1S/C13H15NOS.C7H9N/c1-14(2)8-7-13-11(9-15)10-5-3-4-6-12(10)16-13;1-7-3-2-5-8-6-4-7/h3-6,9H,7-8H2,1-2H3;2,4-6H,3H2,1H3. The van der Waals surface area contributed by atoms with E-state index >= 15 is 0 Å². The van der Waals surface area contributed by atoms with Crippen LogP contribution in [0, 0.1) is 0 Å². The lowest BCUT2D eigenvalue weighted by atomic mass is 10.1. The first-order valence-corrected chi connectivity index (χ1v) is 8.87. The van der Waals surface area contributed by atoms with E-state index in [1.807, 2.05) is 50.8 Å². The molecule has 0 atom stereocenters. The molecule has 4 heteroatoms. The summed E-state index contributed by atoms with van der Waals surface area (Å²) in [6, 6.07) is 8.10. The average molecular weight is 340 g/mol. The van der Waals surface area contributed by atoms with Gasteiger partial charge < -0.3 is 4.90 Å². The number of carbonyl (C=O) groups is 1. The van der Waals surface area contributed by atoms with Crippen molar-refractivity contribution in [3.8, 4) is 0 Å². The molecule has 0 N–H and O–H groups in total. The maximum Gasteiger partial charge on any atom is 0.151 e. The molecule has 2 heterocycles. The van der Waals surface area contributed by atoms with Crippen LogP contribution in [0.5, 0.6) is 0 Å². The Bertz CT molecular complexity index is 769. The molecular formula is C20H24N2OS. The zero-order valence-electron chi connectivity index (χ0n) is 14.5. The third-order valence-electron chi connectivity index (χ3n) is 3.69. The lowest BCUT2D eigenvalue weighted by Crippen LogP contribution is -2.15. The number of rotatable bonds is 4. The van der Waals surface area contributed by atoms with Crippen molar-refractivity contribution in [1.82, 2.24) is 4.90 Å². The summed E-state index contributed by atoms with van der Waals surface area (Å²) in [7, 11) is 4.10. The van der Waals surface area contributed by atoms with Gasteiger partial charge in [-0.05, 0) is 46.0 Å². The average Bonchev–Trinajstić information content (AvgIpc) is 2.76. The molecule has 0 radical (unpaired) electrons. The van der Waals surface area contributed by atoms with E-state index in [0.717, 1.165) is 36.6 Å². The molecule has 3 nitrogen and oxygen atoms in total. The number of allylic oxidation sites excluding steroid dienone is 3. The predicted octanol–water partition coefficient (Wildman–Crippen LogP) is 4.74. The van der Waals surface area contributed by atoms with Crippen molar-refractivity contribution in [2.75, 3.05) is 20.6 Å². The second kappa shape index (κ2) is 9.30. The number of fused-ring (bicyclic) bond motifs is 1. The van der Waals surface area contributed by atoms with E-state index in [9.17, 15) is 4.79 Å². The molecule has 0 spiro atoms. The molecule has 0 saturated heterocycles. The molecule has 0 amide bonds. The van der Waals surface area contributed by atoms with Gasteiger partial charge in [-0.3, -0.25) is 9.79 Å². The molecule has 1 aliphatic heterocycles. The van der Waals surface area contributed by atoms with Crippen molar-refractivity contribution in [2.24, 2.45) is 4.99 Å². The van der Waals surface area contributed by atoms with Crippen molar-refractivity contribution in [3.05, 3.63) is 58.6 Å². The maximum absolute atomic E-state index is 11.1. The number of aldehydes is 1. The van der Waals surface area contributed by atoms with Gasteiger partial charge in [-0.1, -0.05) is 29.8 Å². The van der Waals surface area contributed by atoms with Crippen molar-refractivity contribution in [1.29, 1.82) is 0 Å². The van der Waals surface area contributed by atoms with Crippen LogP contribution in [0.3, 0.4) is 0 Å². The number of nitrogens with zero attached hydrogens (tertiary/aromatic N) is 2. The number of thiophene rings is 1. The highest BCUT2D eigenvalue weighted by atomic mass is 32.1. The van der Waals surface area contributed by atoms with E-state index in [4.69, 9.17) is 0 Å². The van der Waals surface area contributed by atoms with Crippen LogP contribution in [0.25, 0.3) is 10.1 Å². The van der Waals surface area contributed by atoms with Gasteiger partial charge in [0.05, 0.1) is 0 Å². The minimum absolute atomic E-state index is 0.877. The predicted molar refractivity (Wildman–Crippen MR) is 105 cm³/mol. The molecule has 0 fully saturated rings. The SMILES string of the molecule is CC1=CC=NC=CC1.CN(C)CCc1sc2ccccc2c1C=O. The number of hydrogen-bond acceptors (Lipinski definition) is 4. The highest BCUT2D eigenvalue weighted by molar-refractivity contribution is 7.19. The monoisotopic (exact) mass is 340 g/mol. The van der Waals surface area contributed by atoms with Crippen LogP contribution < -0.4 is 0 Å². The van der Waals surface area contributed by atoms with Crippen LogP contribution in [0.4, 0.5) is 0 Å². The van der Waals surface area contributed by atoms with Crippen molar-refractivity contribution >= 4 is 33.9 Å². The largest absolute Gasteiger partial charge is 0.309 e. The molecule has 0 saturated carbocycles. The van der Waals surface area contributed by atoms with E-state index in [2.05, 4.69) is 29.0 Å². The number of aliphatic imine (C=N–C) groups is 1. The Morgan fingerprint density at radius 3 is 2.83 bits per heavy atom. The van der Waals surface area contributed by atoms with Crippen LogP contribution in [0.1, 0.15) is 28.6 Å². The number of carbonyl (C=O) groups excluding carboxylic acids is 1. The molecular weight excluding hydrogens is 316 g/mol. The van der Waals surface area contributed by atoms with Gasteiger partial charge in [-0.25, -0.2) is 0 Å². The Balaban J connectivity index is 0.000000219. The molecule has 3 rings (SSSR count). The summed E-state index contributed by atoms with van der Waals surface area (Å²) in [5.74, 6) is 0. The normalized spacial score (nSPS) is 13.4. The van der Waals surface area contributed by atoms with Crippen molar-refractivity contribution < 1.29 is 4.79 Å². The summed E-state index contributed by atoms with van der Waals surface area (Å²) in [5, 5.41) is 1.09. The first-order chi connectivity index (χ1) is 11.6. The third kappa shape index (κ3) is 5.25.